The van der Waals surface area contributed by atoms with E-state index in [4.69, 9.17) is 14.7 Å². The molecule has 206 valence electrons. The van der Waals surface area contributed by atoms with E-state index >= 15 is 0 Å². The fourth-order valence-electron chi connectivity index (χ4n) is 4.85. The first-order valence-electron chi connectivity index (χ1n) is 13.1. The molecule has 2 aromatic rings. The number of nitrogens with zero attached hydrogens (tertiary/aromatic N) is 1. The molecule has 38 heavy (non-hydrogen) atoms. The number of nitrogens with one attached hydrogen (secondary N) is 2. The van der Waals surface area contributed by atoms with E-state index in [1.807, 2.05) is 48.5 Å². The van der Waals surface area contributed by atoms with Gasteiger partial charge in [0.05, 0.1) is 24.9 Å². The molecule has 10 nitrogen and oxygen atoms in total. The van der Waals surface area contributed by atoms with Gasteiger partial charge in [-0.1, -0.05) is 48.5 Å². The highest BCUT2D eigenvalue weighted by molar-refractivity contribution is 5.78. The summed E-state index contributed by atoms with van der Waals surface area (Å²) in [5.74, 6) is -0.672. The van der Waals surface area contributed by atoms with E-state index in [0.717, 1.165) is 35.2 Å². The van der Waals surface area contributed by atoms with E-state index in [2.05, 4.69) is 10.2 Å². The summed E-state index contributed by atoms with van der Waals surface area (Å²) >= 11 is 0. The Bertz CT molecular complexity index is 1050. The van der Waals surface area contributed by atoms with Crippen LogP contribution in [0.1, 0.15) is 66.8 Å². The van der Waals surface area contributed by atoms with E-state index in [1.54, 1.807) is 5.48 Å². The lowest BCUT2D eigenvalue weighted by atomic mass is 9.99. The van der Waals surface area contributed by atoms with Gasteiger partial charge in [-0.25, -0.2) is 5.48 Å². The molecule has 4 rings (SSSR count). The second-order valence-electron chi connectivity index (χ2n) is 9.96. The Morgan fingerprint density at radius 1 is 0.947 bits per heavy atom. The molecule has 2 fully saturated rings. The second kappa shape index (κ2) is 13.8. The number of rotatable bonds is 11. The highest BCUT2D eigenvalue weighted by atomic mass is 16.7. The number of carbonyl (C=O) groups is 2. The first-order valence-corrected chi connectivity index (χ1v) is 13.1. The molecule has 2 amide bonds. The van der Waals surface area contributed by atoms with Gasteiger partial charge in [-0.3, -0.25) is 19.7 Å². The fraction of sp³-hybridized carbons (Fsp3) is 0.500. The number of aliphatic hydroxyl groups is 2. The van der Waals surface area contributed by atoms with Crippen LogP contribution in [0.2, 0.25) is 0 Å². The van der Waals surface area contributed by atoms with Gasteiger partial charge in [-0.2, -0.15) is 0 Å². The predicted molar refractivity (Wildman–Crippen MR) is 138 cm³/mol. The molecule has 0 aromatic heterocycles. The van der Waals surface area contributed by atoms with Gasteiger partial charge in [0, 0.05) is 51.0 Å². The average molecular weight is 528 g/mol. The number of hydrogen-bond acceptors (Lipinski definition) is 8. The van der Waals surface area contributed by atoms with Crippen LogP contribution >= 0.6 is 0 Å². The van der Waals surface area contributed by atoms with E-state index in [-0.39, 0.29) is 43.7 Å². The molecule has 2 heterocycles. The Kier molecular flexibility index (Phi) is 10.2. The Morgan fingerprint density at radius 3 is 2.29 bits per heavy atom. The van der Waals surface area contributed by atoms with Crippen LogP contribution < -0.4 is 10.8 Å². The monoisotopic (exact) mass is 527 g/mol. The number of carbonyl (C=O) groups excluding carboxylic acids is 2. The zero-order valence-corrected chi connectivity index (χ0v) is 21.4. The molecule has 10 heteroatoms. The minimum Gasteiger partial charge on any atom is -0.392 e. The van der Waals surface area contributed by atoms with Crippen molar-refractivity contribution in [3.63, 3.8) is 0 Å². The van der Waals surface area contributed by atoms with Crippen LogP contribution in [0.4, 0.5) is 0 Å². The zero-order chi connectivity index (χ0) is 26.9. The van der Waals surface area contributed by atoms with Crippen LogP contribution in [-0.2, 0) is 32.2 Å². The van der Waals surface area contributed by atoms with Crippen LogP contribution in [0, 0.1) is 0 Å². The number of hydroxylamine groups is 1. The van der Waals surface area contributed by atoms with Gasteiger partial charge in [0.1, 0.15) is 0 Å². The van der Waals surface area contributed by atoms with Gasteiger partial charge in [-0.05, 0) is 29.5 Å². The summed E-state index contributed by atoms with van der Waals surface area (Å²) in [7, 11) is 0. The molecule has 2 aromatic carbocycles. The lowest BCUT2D eigenvalue weighted by molar-refractivity contribution is -0.252. The molecule has 2 saturated heterocycles. The summed E-state index contributed by atoms with van der Waals surface area (Å²) in [6, 6.07) is 15.5. The number of likely N-dealkylation sites (tertiary alicyclic amines) is 1. The van der Waals surface area contributed by atoms with Crippen molar-refractivity contribution in [2.75, 3.05) is 19.6 Å². The highest BCUT2D eigenvalue weighted by Crippen LogP contribution is 2.38. The van der Waals surface area contributed by atoms with Gasteiger partial charge in [0.2, 0.25) is 11.8 Å². The lowest BCUT2D eigenvalue weighted by Gasteiger charge is -2.37. The standard InChI is InChI=1S/C28H37N3O7/c32-18-20-6-8-21(9-7-20)25-14-24(17-31-13-12-23(33)16-31)37-28(38-25)22-10-4-19(5-11-22)15-29-26(34)2-1-3-27(35)30-36/h4-11,23-25,28,32-33,36H,1-3,12-18H2,(H,29,34)(H,30,35)/t23-,24+,25-,28-/m0/s1. The molecule has 0 spiro atoms. The molecule has 2 aliphatic rings. The number of benzene rings is 2. The third-order valence-corrected chi connectivity index (χ3v) is 7.00. The lowest BCUT2D eigenvalue weighted by Crippen LogP contribution is -2.38. The minimum absolute atomic E-state index is 0.00881. The quantitative estimate of drug-likeness (QED) is 0.221. The van der Waals surface area contributed by atoms with E-state index in [9.17, 15) is 19.8 Å². The topological polar surface area (TPSA) is 141 Å². The third kappa shape index (κ3) is 8.07. The Balaban J connectivity index is 1.37. The molecule has 0 unspecified atom stereocenters. The predicted octanol–water partition coefficient (Wildman–Crippen LogP) is 2.08. The average Bonchev–Trinajstić information content (AvgIpc) is 3.36. The van der Waals surface area contributed by atoms with Gasteiger partial charge in [0.25, 0.3) is 0 Å². The van der Waals surface area contributed by atoms with Gasteiger partial charge >= 0.3 is 0 Å². The molecule has 0 saturated carbocycles. The molecule has 0 aliphatic carbocycles. The van der Waals surface area contributed by atoms with Gasteiger partial charge in [0.15, 0.2) is 6.29 Å². The molecule has 5 N–H and O–H groups in total. The number of aliphatic hydroxyl groups excluding tert-OH is 2. The smallest absolute Gasteiger partial charge is 0.243 e. The summed E-state index contributed by atoms with van der Waals surface area (Å²) in [6.45, 7) is 2.56. The van der Waals surface area contributed by atoms with Crippen molar-refractivity contribution >= 4 is 11.8 Å². The van der Waals surface area contributed by atoms with E-state index < -0.39 is 12.2 Å². The Labute approximate surface area is 222 Å². The molecule has 0 radical (unpaired) electrons. The Morgan fingerprint density at radius 2 is 1.63 bits per heavy atom. The maximum atomic E-state index is 12.0. The highest BCUT2D eigenvalue weighted by Gasteiger charge is 2.34. The van der Waals surface area contributed by atoms with Crippen molar-refractivity contribution in [2.45, 2.75) is 69.9 Å². The SMILES string of the molecule is O=C(CCCC(=O)NCc1ccc([C@H]2O[C@@H](CN3CC[C@H](O)C3)C[C@@H](c3ccc(CO)cc3)O2)cc1)NO. The molecule has 4 atom stereocenters. The van der Waals surface area contributed by atoms with Crippen molar-refractivity contribution < 1.29 is 34.5 Å². The minimum atomic E-state index is -0.565. The maximum absolute atomic E-state index is 12.0. The van der Waals surface area contributed by atoms with Crippen molar-refractivity contribution in [2.24, 2.45) is 0 Å². The van der Waals surface area contributed by atoms with Crippen LogP contribution in [0.5, 0.6) is 0 Å². The summed E-state index contributed by atoms with van der Waals surface area (Å²) < 4.78 is 12.8. The normalized spacial score (nSPS) is 23.8. The van der Waals surface area contributed by atoms with Crippen molar-refractivity contribution in [3.8, 4) is 0 Å². The van der Waals surface area contributed by atoms with Crippen molar-refractivity contribution in [1.82, 2.24) is 15.7 Å². The van der Waals surface area contributed by atoms with E-state index in [0.29, 0.717) is 32.5 Å². The molecular formula is C28H37N3O7. The summed E-state index contributed by atoms with van der Waals surface area (Å²) in [6.07, 6.45) is 0.997. The summed E-state index contributed by atoms with van der Waals surface area (Å²) in [4.78, 5) is 25.3. The van der Waals surface area contributed by atoms with Crippen LogP contribution in [-0.4, -0.2) is 64.0 Å². The summed E-state index contributed by atoms with van der Waals surface area (Å²) in [5, 5.41) is 30.7. The second-order valence-corrected chi connectivity index (χ2v) is 9.96. The van der Waals surface area contributed by atoms with Gasteiger partial charge < -0.3 is 25.0 Å². The molecular weight excluding hydrogens is 490 g/mol. The van der Waals surface area contributed by atoms with Crippen LogP contribution in [0.25, 0.3) is 0 Å². The maximum Gasteiger partial charge on any atom is 0.243 e. The number of amides is 2. The number of β-amino-alcohol motifs (C(OH)–C–C–N with tert-alkyl or cyclic N) is 1. The first kappa shape index (κ1) is 28.2. The third-order valence-electron chi connectivity index (χ3n) is 7.00. The molecule has 0 bridgehead atoms. The molecule has 2 aliphatic heterocycles. The number of hydrogen-bond donors (Lipinski definition) is 5. The first-order chi connectivity index (χ1) is 18.4. The van der Waals surface area contributed by atoms with Crippen LogP contribution in [0.3, 0.4) is 0 Å². The largest absolute Gasteiger partial charge is 0.392 e. The van der Waals surface area contributed by atoms with Crippen molar-refractivity contribution in [3.05, 3.63) is 70.8 Å². The van der Waals surface area contributed by atoms with Crippen LogP contribution in [0.15, 0.2) is 48.5 Å². The zero-order valence-electron chi connectivity index (χ0n) is 21.4. The Hall–Kier alpha value is -2.86. The van der Waals surface area contributed by atoms with Crippen molar-refractivity contribution in [1.29, 1.82) is 0 Å². The van der Waals surface area contributed by atoms with Gasteiger partial charge in [-0.15, -0.1) is 0 Å². The summed E-state index contributed by atoms with van der Waals surface area (Å²) in [5.41, 5.74) is 5.22. The number of ether oxygens (including phenoxy) is 2. The van der Waals surface area contributed by atoms with E-state index in [1.165, 1.54) is 0 Å². The fourth-order valence-corrected chi connectivity index (χ4v) is 4.85.